The van der Waals surface area contributed by atoms with Crippen LogP contribution in [0.5, 0.6) is 5.75 Å². The molecule has 1 aliphatic rings. The Kier molecular flexibility index (Phi) is 6.62. The molecule has 2 atom stereocenters. The summed E-state index contributed by atoms with van der Waals surface area (Å²) in [6.07, 6.45) is -0.0314. The Balaban J connectivity index is 2.11. The van der Waals surface area contributed by atoms with E-state index in [0.717, 1.165) is 16.7 Å². The second-order valence-corrected chi connectivity index (χ2v) is 6.82. The molecule has 2 N–H and O–H groups in total. The van der Waals surface area contributed by atoms with Gasteiger partial charge in [0, 0.05) is 19.1 Å². The van der Waals surface area contributed by atoms with Crippen LogP contribution in [-0.2, 0) is 19.2 Å². The molecule has 0 radical (unpaired) electrons. The van der Waals surface area contributed by atoms with E-state index >= 15 is 0 Å². The minimum absolute atomic E-state index is 0.0143. The summed E-state index contributed by atoms with van der Waals surface area (Å²) in [7, 11) is 0. The van der Waals surface area contributed by atoms with Crippen molar-refractivity contribution in [2.75, 3.05) is 17.3 Å². The topological polar surface area (TPSA) is 113 Å². The molecule has 8 nitrogen and oxygen atoms in total. The third kappa shape index (κ3) is 4.54. The smallest absolute Gasteiger partial charge is 0.327 e. The fourth-order valence-electron chi connectivity index (χ4n) is 2.54. The molecule has 0 spiro atoms. The molecule has 0 unspecified atom stereocenters. The highest BCUT2D eigenvalue weighted by Gasteiger charge is 2.41. The van der Waals surface area contributed by atoms with Crippen LogP contribution in [0, 0.1) is 0 Å². The second kappa shape index (κ2) is 8.70. The summed E-state index contributed by atoms with van der Waals surface area (Å²) in [6.45, 7) is 3.41. The fraction of sp³-hybridized carbons (Fsp3) is 0.412. The van der Waals surface area contributed by atoms with E-state index in [2.05, 4.69) is 5.32 Å². The lowest BCUT2D eigenvalue weighted by molar-refractivity contribution is -0.140. The molecule has 2 rings (SSSR count). The molecular formula is C17H20N2O6S. The number of para-hydroxylation sites is 2. The third-order valence-electron chi connectivity index (χ3n) is 3.65. The first kappa shape index (κ1) is 19.8. The molecule has 1 aliphatic heterocycles. The van der Waals surface area contributed by atoms with Crippen LogP contribution in [0.4, 0.5) is 5.69 Å². The summed E-state index contributed by atoms with van der Waals surface area (Å²) < 4.78 is 5.48. The molecule has 3 amide bonds. The van der Waals surface area contributed by atoms with E-state index in [-0.39, 0.29) is 18.1 Å². The van der Waals surface area contributed by atoms with Gasteiger partial charge in [-0.3, -0.25) is 14.4 Å². The molecule has 0 aliphatic carbocycles. The number of nitrogens with zero attached hydrogens (tertiary/aromatic N) is 1. The minimum atomic E-state index is -1.19. The number of anilines is 1. The Labute approximate surface area is 154 Å². The summed E-state index contributed by atoms with van der Waals surface area (Å²) >= 11 is 1.04. The molecule has 1 aromatic rings. The number of thioether (sulfide) groups is 1. The zero-order valence-corrected chi connectivity index (χ0v) is 15.2. The molecule has 26 heavy (non-hydrogen) atoms. The van der Waals surface area contributed by atoms with Gasteiger partial charge in [-0.15, -0.1) is 11.8 Å². The van der Waals surface area contributed by atoms with E-state index in [4.69, 9.17) is 9.84 Å². The Bertz CT molecular complexity index is 723. The van der Waals surface area contributed by atoms with Crippen LogP contribution < -0.4 is 15.0 Å². The van der Waals surface area contributed by atoms with Crippen LogP contribution in [0.3, 0.4) is 0 Å². The van der Waals surface area contributed by atoms with Crippen molar-refractivity contribution in [1.82, 2.24) is 5.32 Å². The molecule has 1 saturated heterocycles. The van der Waals surface area contributed by atoms with Crippen LogP contribution in [0.25, 0.3) is 0 Å². The van der Waals surface area contributed by atoms with Gasteiger partial charge < -0.3 is 15.2 Å². The van der Waals surface area contributed by atoms with Crippen molar-refractivity contribution in [2.24, 2.45) is 0 Å². The van der Waals surface area contributed by atoms with Crippen molar-refractivity contribution >= 4 is 41.1 Å². The molecule has 0 bridgehead atoms. The lowest BCUT2D eigenvalue weighted by Crippen LogP contribution is -2.42. The van der Waals surface area contributed by atoms with Gasteiger partial charge in [0.05, 0.1) is 17.5 Å². The van der Waals surface area contributed by atoms with Gasteiger partial charge in [-0.2, -0.15) is 0 Å². The van der Waals surface area contributed by atoms with Gasteiger partial charge in [-0.05, 0) is 19.1 Å². The monoisotopic (exact) mass is 380 g/mol. The number of carbonyl (C=O) groups excluding carboxylic acids is 3. The van der Waals surface area contributed by atoms with Gasteiger partial charge in [0.2, 0.25) is 17.7 Å². The second-order valence-electron chi connectivity index (χ2n) is 5.59. The fourth-order valence-corrected chi connectivity index (χ4v) is 3.70. The predicted octanol–water partition coefficient (Wildman–Crippen LogP) is 1.04. The van der Waals surface area contributed by atoms with Crippen LogP contribution in [0.2, 0.25) is 0 Å². The van der Waals surface area contributed by atoms with E-state index in [9.17, 15) is 19.2 Å². The Hall–Kier alpha value is -2.55. The zero-order chi connectivity index (χ0) is 19.3. The van der Waals surface area contributed by atoms with Crippen molar-refractivity contribution in [3.63, 3.8) is 0 Å². The van der Waals surface area contributed by atoms with Crippen molar-refractivity contribution < 1.29 is 29.0 Å². The minimum Gasteiger partial charge on any atom is -0.492 e. The molecular weight excluding hydrogens is 360 g/mol. The number of aliphatic carboxylic acids is 1. The Morgan fingerprint density at radius 1 is 1.38 bits per heavy atom. The summed E-state index contributed by atoms with van der Waals surface area (Å²) in [5.74, 6) is -2.03. The molecule has 1 aromatic carbocycles. The van der Waals surface area contributed by atoms with Gasteiger partial charge in [0.25, 0.3) is 0 Å². The van der Waals surface area contributed by atoms with Gasteiger partial charge in [-0.25, -0.2) is 9.69 Å². The lowest BCUT2D eigenvalue weighted by atomic mass is 10.2. The van der Waals surface area contributed by atoms with Gasteiger partial charge in [0.1, 0.15) is 11.8 Å². The van der Waals surface area contributed by atoms with Crippen molar-refractivity contribution in [1.29, 1.82) is 0 Å². The summed E-state index contributed by atoms with van der Waals surface area (Å²) in [4.78, 5) is 48.4. The number of carboxylic acids is 1. The average Bonchev–Trinajstić information content (AvgIpc) is 2.86. The van der Waals surface area contributed by atoms with Crippen LogP contribution in [0.1, 0.15) is 20.3 Å². The van der Waals surface area contributed by atoms with E-state index in [1.165, 1.54) is 6.92 Å². The highest BCUT2D eigenvalue weighted by Crippen LogP contribution is 2.35. The number of rotatable bonds is 8. The summed E-state index contributed by atoms with van der Waals surface area (Å²) in [6, 6.07) is 5.64. The zero-order valence-electron chi connectivity index (χ0n) is 14.4. The number of nitrogens with one attached hydrogen (secondary N) is 1. The lowest BCUT2D eigenvalue weighted by Gasteiger charge is -2.19. The number of carbonyl (C=O) groups is 4. The standard InChI is InChI=1S/C17H20N2O6S/c1-3-25-13-7-5-4-6-12(13)19-15(21)8-14(16(19)22)26-9-11(17(23)24)18-10(2)20/h4-7,11,14H,3,8-9H2,1-2H3,(H,18,20)(H,23,24)/t11-,14-/m1/s1. The summed E-state index contributed by atoms with van der Waals surface area (Å²) in [5.41, 5.74) is 0.379. The van der Waals surface area contributed by atoms with E-state index in [0.29, 0.717) is 18.0 Å². The third-order valence-corrected chi connectivity index (χ3v) is 4.95. The number of ether oxygens (including phenoxy) is 1. The molecule has 0 saturated carbocycles. The van der Waals surface area contributed by atoms with Gasteiger partial charge in [-0.1, -0.05) is 12.1 Å². The number of hydrogen-bond donors (Lipinski definition) is 2. The summed E-state index contributed by atoms with van der Waals surface area (Å²) in [5, 5.41) is 10.7. The Morgan fingerprint density at radius 3 is 2.69 bits per heavy atom. The van der Waals surface area contributed by atoms with Crippen molar-refractivity contribution in [3.8, 4) is 5.75 Å². The highest BCUT2D eigenvalue weighted by atomic mass is 32.2. The van der Waals surface area contributed by atoms with Crippen LogP contribution in [0.15, 0.2) is 24.3 Å². The number of hydrogen-bond acceptors (Lipinski definition) is 6. The first-order valence-electron chi connectivity index (χ1n) is 8.05. The molecule has 9 heteroatoms. The average molecular weight is 380 g/mol. The largest absolute Gasteiger partial charge is 0.492 e. The predicted molar refractivity (Wildman–Crippen MR) is 96.2 cm³/mol. The number of benzene rings is 1. The number of imide groups is 1. The van der Waals surface area contributed by atoms with E-state index < -0.39 is 29.1 Å². The van der Waals surface area contributed by atoms with Crippen molar-refractivity contribution in [2.45, 2.75) is 31.6 Å². The maximum Gasteiger partial charge on any atom is 0.327 e. The Morgan fingerprint density at radius 2 is 2.08 bits per heavy atom. The van der Waals surface area contributed by atoms with Crippen LogP contribution >= 0.6 is 11.8 Å². The molecule has 140 valence electrons. The number of carboxylic acid groups (broad SMARTS) is 1. The quantitative estimate of drug-likeness (QED) is 0.648. The highest BCUT2D eigenvalue weighted by molar-refractivity contribution is 8.00. The SMILES string of the molecule is CCOc1ccccc1N1C(=O)C[C@@H](SC[C@@H](NC(C)=O)C(=O)O)C1=O. The van der Waals surface area contributed by atoms with E-state index in [1.807, 2.05) is 0 Å². The van der Waals surface area contributed by atoms with Crippen LogP contribution in [-0.4, -0.2) is 52.4 Å². The van der Waals surface area contributed by atoms with E-state index in [1.54, 1.807) is 31.2 Å². The first-order valence-corrected chi connectivity index (χ1v) is 9.10. The van der Waals surface area contributed by atoms with Gasteiger partial charge in [0.15, 0.2) is 0 Å². The normalized spacial score (nSPS) is 17.9. The van der Waals surface area contributed by atoms with Crippen molar-refractivity contribution in [3.05, 3.63) is 24.3 Å². The molecule has 1 heterocycles. The number of amides is 3. The first-order chi connectivity index (χ1) is 12.3. The maximum absolute atomic E-state index is 12.7. The maximum atomic E-state index is 12.7. The molecule has 1 fully saturated rings. The molecule has 0 aromatic heterocycles. The van der Waals surface area contributed by atoms with Gasteiger partial charge >= 0.3 is 5.97 Å².